The first-order valence-corrected chi connectivity index (χ1v) is 9.09. The largest absolute Gasteiger partial charge is 0.340 e. The molecule has 0 fully saturated rings. The van der Waals surface area contributed by atoms with Crippen molar-refractivity contribution < 1.29 is 13.6 Å². The van der Waals surface area contributed by atoms with Gasteiger partial charge in [-0.1, -0.05) is 0 Å². The van der Waals surface area contributed by atoms with Gasteiger partial charge >= 0.3 is 0 Å². The van der Waals surface area contributed by atoms with Crippen LogP contribution in [0.3, 0.4) is 0 Å². The molecule has 0 atom stereocenters. The van der Waals surface area contributed by atoms with Crippen molar-refractivity contribution in [3.05, 3.63) is 78.3 Å². The zero-order chi connectivity index (χ0) is 20.2. The van der Waals surface area contributed by atoms with Gasteiger partial charge in [0.25, 0.3) is 5.91 Å². The summed E-state index contributed by atoms with van der Waals surface area (Å²) < 4.78 is 30.5. The molecule has 7 nitrogen and oxygen atoms in total. The monoisotopic (exact) mass is 410 g/mol. The molecule has 0 unspecified atom stereocenters. The highest BCUT2D eigenvalue weighted by atomic mass is 32.1. The van der Waals surface area contributed by atoms with E-state index in [1.807, 2.05) is 0 Å². The number of rotatable bonds is 5. The Hall–Kier alpha value is -3.79. The molecule has 2 aromatic carbocycles. The average molecular weight is 410 g/mol. The van der Waals surface area contributed by atoms with Crippen LogP contribution in [-0.2, 0) is 0 Å². The van der Waals surface area contributed by atoms with Crippen molar-refractivity contribution in [3.8, 4) is 10.6 Å². The number of halogens is 2. The van der Waals surface area contributed by atoms with Crippen molar-refractivity contribution in [1.82, 2.24) is 19.3 Å². The van der Waals surface area contributed by atoms with E-state index < -0.39 is 17.5 Å². The average Bonchev–Trinajstić information content (AvgIpc) is 3.20. The topological polar surface area (TPSA) is 92.7 Å². The highest BCUT2D eigenvalue weighted by Crippen LogP contribution is 2.25. The normalized spacial score (nSPS) is 10.6. The second kappa shape index (κ2) is 8.07. The standard InChI is InChI=1S/C19H12F2N6OS/c20-14-6-3-12(9-15(14)21)18-26-19(27-29-18)25-17(28)11-1-4-13(5-2-11)24-16-7-8-22-10-23-16/h1-10H,(H,22,23,24)(H,25,27,28). The maximum atomic E-state index is 13.4. The predicted molar refractivity (Wildman–Crippen MR) is 105 cm³/mol. The summed E-state index contributed by atoms with van der Waals surface area (Å²) >= 11 is 0.971. The Kier molecular flexibility index (Phi) is 5.16. The third-order valence-corrected chi connectivity index (χ3v) is 4.58. The van der Waals surface area contributed by atoms with Gasteiger partial charge < -0.3 is 5.32 Å². The van der Waals surface area contributed by atoms with Crippen LogP contribution >= 0.6 is 11.5 Å². The van der Waals surface area contributed by atoms with E-state index in [-0.39, 0.29) is 5.95 Å². The van der Waals surface area contributed by atoms with Gasteiger partial charge in [-0.05, 0) is 60.1 Å². The Morgan fingerprint density at radius 2 is 1.83 bits per heavy atom. The van der Waals surface area contributed by atoms with E-state index in [0.717, 1.165) is 29.4 Å². The van der Waals surface area contributed by atoms with Crippen molar-refractivity contribution >= 4 is 34.9 Å². The molecule has 0 aliphatic rings. The number of aromatic nitrogens is 4. The van der Waals surface area contributed by atoms with Gasteiger partial charge in [-0.15, -0.1) is 0 Å². The molecular formula is C19H12F2N6OS. The van der Waals surface area contributed by atoms with Crippen LogP contribution in [0.1, 0.15) is 10.4 Å². The SMILES string of the molecule is O=C(Nc1nsc(-c2ccc(F)c(F)c2)n1)c1ccc(Nc2ccncn2)cc1. The molecule has 144 valence electrons. The fourth-order valence-corrected chi connectivity index (χ4v) is 3.03. The molecule has 2 aromatic heterocycles. The minimum Gasteiger partial charge on any atom is -0.340 e. The first-order chi connectivity index (χ1) is 14.1. The Morgan fingerprint density at radius 3 is 2.55 bits per heavy atom. The van der Waals surface area contributed by atoms with Gasteiger partial charge in [-0.3, -0.25) is 10.1 Å². The lowest BCUT2D eigenvalue weighted by Gasteiger charge is -2.06. The molecule has 10 heteroatoms. The van der Waals surface area contributed by atoms with Crippen molar-refractivity contribution in [1.29, 1.82) is 0 Å². The number of hydrogen-bond donors (Lipinski definition) is 2. The quantitative estimate of drug-likeness (QED) is 0.510. The molecule has 0 aliphatic carbocycles. The molecule has 29 heavy (non-hydrogen) atoms. The zero-order valence-corrected chi connectivity index (χ0v) is 15.5. The van der Waals surface area contributed by atoms with E-state index in [1.165, 1.54) is 12.4 Å². The van der Waals surface area contributed by atoms with E-state index in [2.05, 4.69) is 30.0 Å². The van der Waals surface area contributed by atoms with Crippen molar-refractivity contribution in [2.45, 2.75) is 0 Å². The predicted octanol–water partition coefficient (Wildman–Crippen LogP) is 4.27. The number of nitrogens with one attached hydrogen (secondary N) is 2. The minimum atomic E-state index is -0.973. The lowest BCUT2D eigenvalue weighted by atomic mass is 10.2. The van der Waals surface area contributed by atoms with Crippen LogP contribution in [0.2, 0.25) is 0 Å². The second-order valence-corrected chi connectivity index (χ2v) is 6.55. The second-order valence-electron chi connectivity index (χ2n) is 5.80. The van der Waals surface area contributed by atoms with Crippen LogP contribution in [0.15, 0.2) is 61.1 Å². The zero-order valence-electron chi connectivity index (χ0n) is 14.6. The fraction of sp³-hybridized carbons (Fsp3) is 0. The summed E-state index contributed by atoms with van der Waals surface area (Å²) in [5.41, 5.74) is 1.54. The van der Waals surface area contributed by atoms with E-state index in [9.17, 15) is 13.6 Å². The van der Waals surface area contributed by atoms with Gasteiger partial charge in [0.05, 0.1) is 0 Å². The van der Waals surface area contributed by atoms with Gasteiger partial charge in [0.2, 0.25) is 5.95 Å². The molecule has 0 aliphatic heterocycles. The number of carbonyl (C=O) groups excluding carboxylic acids is 1. The van der Waals surface area contributed by atoms with Crippen LogP contribution < -0.4 is 10.6 Å². The molecular weight excluding hydrogens is 398 g/mol. The smallest absolute Gasteiger partial charge is 0.258 e. The molecule has 1 amide bonds. The number of carbonyl (C=O) groups is 1. The summed E-state index contributed by atoms with van der Waals surface area (Å²) in [6.45, 7) is 0. The third-order valence-electron chi connectivity index (χ3n) is 3.82. The van der Waals surface area contributed by atoms with Gasteiger partial charge in [-0.25, -0.2) is 18.7 Å². The van der Waals surface area contributed by atoms with Gasteiger partial charge in [0.1, 0.15) is 17.2 Å². The molecule has 0 spiro atoms. The molecule has 2 heterocycles. The molecule has 4 aromatic rings. The van der Waals surface area contributed by atoms with E-state index in [0.29, 0.717) is 22.0 Å². The first-order valence-electron chi connectivity index (χ1n) is 8.32. The van der Waals surface area contributed by atoms with Crippen LogP contribution in [0.5, 0.6) is 0 Å². The Labute approximate surface area is 167 Å². The lowest BCUT2D eigenvalue weighted by molar-refractivity contribution is 0.102. The lowest BCUT2D eigenvalue weighted by Crippen LogP contribution is -2.12. The number of hydrogen-bond acceptors (Lipinski definition) is 7. The van der Waals surface area contributed by atoms with Crippen molar-refractivity contribution in [3.63, 3.8) is 0 Å². The van der Waals surface area contributed by atoms with Crippen molar-refractivity contribution in [2.24, 2.45) is 0 Å². The maximum Gasteiger partial charge on any atom is 0.258 e. The first kappa shape index (κ1) is 18.6. The summed E-state index contributed by atoms with van der Waals surface area (Å²) in [5, 5.41) is 6.03. The summed E-state index contributed by atoms with van der Waals surface area (Å²) in [7, 11) is 0. The molecule has 0 bridgehead atoms. The Balaban J connectivity index is 1.43. The molecule has 0 saturated carbocycles. The number of nitrogens with zero attached hydrogens (tertiary/aromatic N) is 4. The summed E-state index contributed by atoms with van der Waals surface area (Å²) in [6, 6.07) is 11.9. The van der Waals surface area contributed by atoms with Crippen LogP contribution in [0.25, 0.3) is 10.6 Å². The van der Waals surface area contributed by atoms with Gasteiger partial charge in [0, 0.05) is 23.0 Å². The number of amides is 1. The Bertz CT molecular complexity index is 1150. The third kappa shape index (κ3) is 4.38. The molecule has 4 rings (SSSR count). The van der Waals surface area contributed by atoms with E-state index >= 15 is 0 Å². The van der Waals surface area contributed by atoms with Crippen LogP contribution in [-0.4, -0.2) is 25.2 Å². The highest BCUT2D eigenvalue weighted by Gasteiger charge is 2.13. The van der Waals surface area contributed by atoms with Crippen LogP contribution in [0.4, 0.5) is 26.2 Å². The van der Waals surface area contributed by atoms with Gasteiger partial charge in [-0.2, -0.15) is 9.36 Å². The van der Waals surface area contributed by atoms with Crippen LogP contribution in [0, 0.1) is 11.6 Å². The van der Waals surface area contributed by atoms with E-state index in [1.54, 1.807) is 36.5 Å². The number of anilines is 3. The Morgan fingerprint density at radius 1 is 1.00 bits per heavy atom. The maximum absolute atomic E-state index is 13.4. The minimum absolute atomic E-state index is 0.0860. The number of benzene rings is 2. The van der Waals surface area contributed by atoms with Gasteiger partial charge in [0.15, 0.2) is 11.6 Å². The highest BCUT2D eigenvalue weighted by molar-refractivity contribution is 7.09. The molecule has 0 radical (unpaired) electrons. The molecule has 0 saturated heterocycles. The summed E-state index contributed by atoms with van der Waals surface area (Å²) in [6.07, 6.45) is 3.05. The van der Waals surface area contributed by atoms with Crippen molar-refractivity contribution in [2.75, 3.05) is 10.6 Å². The summed E-state index contributed by atoms with van der Waals surface area (Å²) in [4.78, 5) is 24.4. The fourth-order valence-electron chi connectivity index (χ4n) is 2.41. The molecule has 2 N–H and O–H groups in total. The summed E-state index contributed by atoms with van der Waals surface area (Å²) in [5.74, 6) is -1.59. The van der Waals surface area contributed by atoms with E-state index in [4.69, 9.17) is 0 Å².